The van der Waals surface area contributed by atoms with Crippen molar-refractivity contribution in [2.45, 2.75) is 58.7 Å². The van der Waals surface area contributed by atoms with Gasteiger partial charge in [-0.1, -0.05) is 11.6 Å². The Morgan fingerprint density at radius 3 is 2.28 bits per heavy atom. The van der Waals surface area contributed by atoms with Gasteiger partial charge in [0.2, 0.25) is 5.15 Å². The second-order valence-corrected chi connectivity index (χ2v) is 7.76. The predicted octanol–water partition coefficient (Wildman–Crippen LogP) is 1.47. The van der Waals surface area contributed by atoms with Crippen LogP contribution in [0.3, 0.4) is 0 Å². The van der Waals surface area contributed by atoms with Gasteiger partial charge in [0, 0.05) is 38.4 Å². The van der Waals surface area contributed by atoms with E-state index >= 15 is 0 Å². The number of pyridine rings is 1. The molecule has 0 aliphatic carbocycles. The Hall–Kier alpha value is -2.99. The van der Waals surface area contributed by atoms with Gasteiger partial charge in [0.15, 0.2) is 24.5 Å². The van der Waals surface area contributed by atoms with Crippen LogP contribution in [0.25, 0.3) is 0 Å². The molecule has 32 heavy (non-hydrogen) atoms. The topological polar surface area (TPSA) is 147 Å². The van der Waals surface area contributed by atoms with Gasteiger partial charge >= 0.3 is 23.6 Å². The van der Waals surface area contributed by atoms with Crippen molar-refractivity contribution in [3.8, 4) is 0 Å². The highest BCUT2D eigenvalue weighted by atomic mass is 35.5. The standard InChI is InChI=1S/C19H22ClN3O9/c1-8-12-5-6-22(18(12)21-17(20)14(8)23(27)28)19-16(32-11(4)26)15(31-10(3)25)13(7-29-19)30-9(2)24/h13,15-16,19H,5-7H2,1-4H3/t13-,15-,16+,19+/m0/s1. The summed E-state index contributed by atoms with van der Waals surface area (Å²) in [5.74, 6) is -1.62. The second-order valence-electron chi connectivity index (χ2n) is 7.40. The molecule has 1 saturated heterocycles. The fourth-order valence-corrected chi connectivity index (χ4v) is 4.29. The lowest BCUT2D eigenvalue weighted by Crippen LogP contribution is -2.62. The molecule has 0 bridgehead atoms. The smallest absolute Gasteiger partial charge is 0.309 e. The Morgan fingerprint density at radius 1 is 1.12 bits per heavy atom. The van der Waals surface area contributed by atoms with E-state index in [4.69, 9.17) is 30.5 Å². The van der Waals surface area contributed by atoms with Gasteiger partial charge in [-0.05, 0) is 13.3 Å². The summed E-state index contributed by atoms with van der Waals surface area (Å²) in [7, 11) is 0. The number of nitrogens with zero attached hydrogens (tertiary/aromatic N) is 3. The number of halogens is 1. The lowest BCUT2D eigenvalue weighted by Gasteiger charge is -2.44. The first-order chi connectivity index (χ1) is 15.0. The third-order valence-corrected chi connectivity index (χ3v) is 5.43. The molecule has 2 aliphatic heterocycles. The monoisotopic (exact) mass is 471 g/mol. The Morgan fingerprint density at radius 2 is 1.72 bits per heavy atom. The van der Waals surface area contributed by atoms with Crippen LogP contribution in [0.5, 0.6) is 0 Å². The number of rotatable bonds is 5. The maximum absolute atomic E-state index is 11.8. The Balaban J connectivity index is 2.02. The average Bonchev–Trinajstić information content (AvgIpc) is 3.07. The summed E-state index contributed by atoms with van der Waals surface area (Å²) in [6.45, 7) is 5.31. The average molecular weight is 472 g/mol. The van der Waals surface area contributed by atoms with Crippen molar-refractivity contribution in [1.29, 1.82) is 0 Å². The van der Waals surface area contributed by atoms with E-state index in [0.29, 0.717) is 29.9 Å². The van der Waals surface area contributed by atoms with Crippen LogP contribution < -0.4 is 4.90 Å². The van der Waals surface area contributed by atoms with E-state index in [1.165, 1.54) is 20.8 Å². The number of fused-ring (bicyclic) bond motifs is 1. The molecule has 1 fully saturated rings. The number of ether oxygens (including phenoxy) is 4. The number of hydrogen-bond donors (Lipinski definition) is 0. The fourth-order valence-electron chi connectivity index (χ4n) is 4.00. The molecule has 13 heteroatoms. The molecular formula is C19H22ClN3O9. The second kappa shape index (κ2) is 9.25. The highest BCUT2D eigenvalue weighted by Crippen LogP contribution is 2.40. The van der Waals surface area contributed by atoms with E-state index in [9.17, 15) is 24.5 Å². The van der Waals surface area contributed by atoms with Crippen molar-refractivity contribution in [3.63, 3.8) is 0 Å². The van der Waals surface area contributed by atoms with Crippen LogP contribution in [-0.2, 0) is 39.8 Å². The molecule has 12 nitrogen and oxygen atoms in total. The molecule has 0 unspecified atom stereocenters. The molecule has 174 valence electrons. The number of anilines is 1. The number of aromatic nitrogens is 1. The van der Waals surface area contributed by atoms with Gasteiger partial charge in [-0.25, -0.2) is 4.98 Å². The van der Waals surface area contributed by atoms with E-state index in [1.807, 2.05) is 0 Å². The molecule has 0 spiro atoms. The summed E-state index contributed by atoms with van der Waals surface area (Å²) in [4.78, 5) is 51.7. The highest BCUT2D eigenvalue weighted by Gasteiger charge is 2.50. The minimum Gasteiger partial charge on any atom is -0.456 e. The first kappa shape index (κ1) is 23.7. The zero-order chi connectivity index (χ0) is 23.7. The minimum atomic E-state index is -1.17. The number of hydrogen-bond acceptors (Lipinski definition) is 11. The van der Waals surface area contributed by atoms with Crippen LogP contribution >= 0.6 is 11.6 Å². The van der Waals surface area contributed by atoms with Gasteiger partial charge in [0.25, 0.3) is 0 Å². The minimum absolute atomic E-state index is 0.147. The first-order valence-corrected chi connectivity index (χ1v) is 10.1. The van der Waals surface area contributed by atoms with Crippen LogP contribution in [0.1, 0.15) is 31.9 Å². The van der Waals surface area contributed by atoms with Crippen LogP contribution in [-0.4, -0.2) is 65.5 Å². The van der Waals surface area contributed by atoms with Gasteiger partial charge in [-0.2, -0.15) is 0 Å². The van der Waals surface area contributed by atoms with Gasteiger partial charge in [-0.3, -0.25) is 24.5 Å². The third-order valence-electron chi connectivity index (χ3n) is 5.17. The zero-order valence-corrected chi connectivity index (χ0v) is 18.6. The number of carbonyl (C=O) groups is 3. The molecular weight excluding hydrogens is 450 g/mol. The summed E-state index contributed by atoms with van der Waals surface area (Å²) >= 11 is 6.08. The molecule has 3 rings (SSSR count). The predicted molar refractivity (Wildman–Crippen MR) is 108 cm³/mol. The largest absolute Gasteiger partial charge is 0.456 e. The number of carbonyl (C=O) groups excluding carboxylic acids is 3. The van der Waals surface area contributed by atoms with Crippen molar-refractivity contribution >= 4 is 41.0 Å². The molecule has 1 aromatic rings. The van der Waals surface area contributed by atoms with Crippen molar-refractivity contribution in [3.05, 3.63) is 26.4 Å². The normalized spacial score (nSPS) is 24.5. The Bertz CT molecular complexity index is 970. The molecule has 0 N–H and O–H groups in total. The first-order valence-electron chi connectivity index (χ1n) is 9.74. The van der Waals surface area contributed by atoms with Crippen LogP contribution in [0.15, 0.2) is 0 Å². The Kier molecular flexibility index (Phi) is 6.84. The molecule has 0 aromatic carbocycles. The summed E-state index contributed by atoms with van der Waals surface area (Å²) in [6.07, 6.45) is -3.88. The summed E-state index contributed by atoms with van der Waals surface area (Å²) in [5, 5.41) is 11.1. The van der Waals surface area contributed by atoms with Gasteiger partial charge < -0.3 is 23.8 Å². The Labute approximate surface area is 187 Å². The van der Waals surface area contributed by atoms with Gasteiger partial charge in [-0.15, -0.1) is 0 Å². The lowest BCUT2D eigenvalue weighted by molar-refractivity contribution is -0.385. The fraction of sp³-hybridized carbons (Fsp3) is 0.579. The number of nitro groups is 1. The van der Waals surface area contributed by atoms with Gasteiger partial charge in [0.05, 0.1) is 11.5 Å². The summed E-state index contributed by atoms with van der Waals surface area (Å²) in [6, 6.07) is 0. The van der Waals surface area contributed by atoms with E-state index in [0.717, 1.165) is 0 Å². The summed E-state index contributed by atoms with van der Waals surface area (Å²) < 4.78 is 21.9. The van der Waals surface area contributed by atoms with E-state index < -0.39 is 47.4 Å². The molecule has 4 atom stereocenters. The van der Waals surface area contributed by atoms with Crippen molar-refractivity contribution in [2.75, 3.05) is 18.1 Å². The van der Waals surface area contributed by atoms with Crippen LogP contribution in [0.2, 0.25) is 5.15 Å². The van der Waals surface area contributed by atoms with Crippen LogP contribution in [0.4, 0.5) is 11.5 Å². The molecule has 0 amide bonds. The van der Waals surface area contributed by atoms with Gasteiger partial charge in [0.1, 0.15) is 5.82 Å². The maximum atomic E-state index is 11.8. The van der Waals surface area contributed by atoms with E-state index in [1.54, 1.807) is 11.8 Å². The third kappa shape index (κ3) is 4.60. The van der Waals surface area contributed by atoms with E-state index in [2.05, 4.69) is 4.98 Å². The van der Waals surface area contributed by atoms with Crippen molar-refractivity contribution in [1.82, 2.24) is 4.98 Å². The SMILES string of the molecule is CC(=O)O[C@@H]1[C@@H](OC(C)=O)[C@H](N2CCc3c2nc(Cl)c([N+](=O)[O-])c3C)OC[C@@H]1OC(C)=O. The highest BCUT2D eigenvalue weighted by molar-refractivity contribution is 6.31. The van der Waals surface area contributed by atoms with E-state index in [-0.39, 0.29) is 17.4 Å². The van der Waals surface area contributed by atoms with Crippen LogP contribution in [0, 0.1) is 17.0 Å². The quantitative estimate of drug-likeness (QED) is 0.202. The molecule has 1 aromatic heterocycles. The molecule has 3 heterocycles. The van der Waals surface area contributed by atoms with Crippen molar-refractivity contribution < 1.29 is 38.3 Å². The maximum Gasteiger partial charge on any atom is 0.309 e. The lowest BCUT2D eigenvalue weighted by atomic mass is 10.0. The van der Waals surface area contributed by atoms with Crippen molar-refractivity contribution in [2.24, 2.45) is 0 Å². The zero-order valence-electron chi connectivity index (χ0n) is 17.8. The molecule has 0 radical (unpaired) electrons. The number of esters is 3. The molecule has 2 aliphatic rings. The summed E-state index contributed by atoms with van der Waals surface area (Å²) in [5.41, 5.74) is 0.708. The molecule has 0 saturated carbocycles.